The molecule has 2 aromatic rings. The molecule has 1 aromatic carbocycles. The monoisotopic (exact) mass is 546 g/mol. The number of aryl methyl sites for hydroxylation is 1. The first-order valence-corrected chi connectivity index (χ1v) is 13.1. The van der Waals surface area contributed by atoms with Crippen molar-refractivity contribution in [2.24, 2.45) is 5.41 Å². The number of aliphatic carboxylic acids is 1. The molecule has 0 aliphatic carbocycles. The topological polar surface area (TPSA) is 158 Å². The lowest BCUT2D eigenvalue weighted by molar-refractivity contribution is -0.146. The molecule has 0 saturated carbocycles. The Morgan fingerprint density at radius 1 is 1.18 bits per heavy atom. The predicted molar refractivity (Wildman–Crippen MR) is 140 cm³/mol. The number of rotatable bonds is 10. The van der Waals surface area contributed by atoms with Gasteiger partial charge in [0.25, 0.3) is 0 Å². The van der Waals surface area contributed by atoms with Gasteiger partial charge in [0.15, 0.2) is 0 Å². The third-order valence-electron chi connectivity index (χ3n) is 6.17. The van der Waals surface area contributed by atoms with Gasteiger partial charge in [-0.2, -0.15) is 0 Å². The standard InChI is InChI=1S/C26H34N4O7S/c1-15-22(38-14-28-15)17-7-5-16(6-8-17)10-27-24(35)19-9-18(31)11-30(19)25(36)23(26(2,3)4)29-20(32)12-37-13-21(33)34/h5-8,14,18-19,23,31H,9-13H2,1-4H3,(H,27,35)(H,29,32)(H,33,34). The molecular formula is C26H34N4O7S. The number of amides is 3. The van der Waals surface area contributed by atoms with Crippen LogP contribution in [0.4, 0.5) is 0 Å². The normalized spacial score (nSPS) is 18.2. The third kappa shape index (κ3) is 7.59. The maximum Gasteiger partial charge on any atom is 0.329 e. The van der Waals surface area contributed by atoms with Crippen molar-refractivity contribution in [2.45, 2.75) is 58.8 Å². The molecule has 0 bridgehead atoms. The van der Waals surface area contributed by atoms with E-state index in [1.54, 1.807) is 37.6 Å². The lowest BCUT2D eigenvalue weighted by atomic mass is 9.85. The fourth-order valence-electron chi connectivity index (χ4n) is 4.21. The quantitative estimate of drug-likeness (QED) is 0.347. The highest BCUT2D eigenvalue weighted by molar-refractivity contribution is 7.13. The van der Waals surface area contributed by atoms with Gasteiger partial charge in [0, 0.05) is 19.5 Å². The van der Waals surface area contributed by atoms with Gasteiger partial charge in [-0.1, -0.05) is 45.0 Å². The Labute approximate surface area is 225 Å². The van der Waals surface area contributed by atoms with Gasteiger partial charge >= 0.3 is 5.97 Å². The number of nitrogens with one attached hydrogen (secondary N) is 2. The van der Waals surface area contributed by atoms with Gasteiger partial charge in [-0.05, 0) is 23.5 Å². The smallest absolute Gasteiger partial charge is 0.329 e. The van der Waals surface area contributed by atoms with Crippen molar-refractivity contribution in [3.05, 3.63) is 41.0 Å². The summed E-state index contributed by atoms with van der Waals surface area (Å²) in [4.78, 5) is 56.2. The number of hydrogen-bond acceptors (Lipinski definition) is 8. The maximum atomic E-state index is 13.5. The molecule has 11 nitrogen and oxygen atoms in total. The first-order chi connectivity index (χ1) is 17.9. The van der Waals surface area contributed by atoms with Crippen LogP contribution in [0.25, 0.3) is 10.4 Å². The molecule has 1 aliphatic rings. The minimum atomic E-state index is -1.22. The second kappa shape index (κ2) is 12.5. The number of carboxylic acid groups (broad SMARTS) is 1. The minimum absolute atomic E-state index is 0.0439. The summed E-state index contributed by atoms with van der Waals surface area (Å²) in [6, 6.07) is 5.84. The van der Waals surface area contributed by atoms with Crippen LogP contribution in [0.5, 0.6) is 0 Å². The number of carbonyl (C=O) groups is 4. The van der Waals surface area contributed by atoms with Crippen molar-refractivity contribution < 1.29 is 34.1 Å². The molecule has 4 N–H and O–H groups in total. The van der Waals surface area contributed by atoms with Crippen LogP contribution in [0.15, 0.2) is 29.8 Å². The van der Waals surface area contributed by atoms with Gasteiger partial charge in [-0.15, -0.1) is 11.3 Å². The van der Waals surface area contributed by atoms with E-state index in [4.69, 9.17) is 9.84 Å². The van der Waals surface area contributed by atoms with E-state index in [1.807, 2.05) is 31.2 Å². The SMILES string of the molecule is Cc1ncsc1-c1ccc(CNC(=O)C2CC(O)CN2C(=O)C(NC(=O)COCC(=O)O)C(C)(C)C)cc1. The number of ether oxygens (including phenoxy) is 1. The van der Waals surface area contributed by atoms with Crippen molar-refractivity contribution in [3.63, 3.8) is 0 Å². The summed E-state index contributed by atoms with van der Waals surface area (Å²) < 4.78 is 4.82. The Balaban J connectivity index is 1.64. The molecule has 206 valence electrons. The first-order valence-electron chi connectivity index (χ1n) is 12.2. The van der Waals surface area contributed by atoms with E-state index in [1.165, 1.54) is 4.90 Å². The van der Waals surface area contributed by atoms with E-state index in [-0.39, 0.29) is 19.5 Å². The highest BCUT2D eigenvalue weighted by atomic mass is 32.1. The van der Waals surface area contributed by atoms with E-state index >= 15 is 0 Å². The molecule has 0 radical (unpaired) electrons. The van der Waals surface area contributed by atoms with E-state index < -0.39 is 60.5 Å². The summed E-state index contributed by atoms with van der Waals surface area (Å²) in [5, 5.41) is 24.4. The van der Waals surface area contributed by atoms with Crippen LogP contribution in [-0.4, -0.2) is 81.7 Å². The number of thiazole rings is 1. The van der Waals surface area contributed by atoms with Crippen LogP contribution >= 0.6 is 11.3 Å². The number of carbonyl (C=O) groups excluding carboxylic acids is 3. The number of carboxylic acids is 1. The van der Waals surface area contributed by atoms with Crippen LogP contribution in [0, 0.1) is 12.3 Å². The second-order valence-electron chi connectivity index (χ2n) is 10.3. The Morgan fingerprint density at radius 3 is 2.45 bits per heavy atom. The van der Waals surface area contributed by atoms with Crippen LogP contribution in [-0.2, 0) is 30.5 Å². The lowest BCUT2D eigenvalue weighted by Gasteiger charge is -2.35. The molecule has 12 heteroatoms. The first kappa shape index (κ1) is 29.2. The molecule has 3 unspecified atom stereocenters. The summed E-state index contributed by atoms with van der Waals surface area (Å²) in [6.07, 6.45) is -0.805. The Bertz CT molecular complexity index is 1160. The minimum Gasteiger partial charge on any atom is -0.480 e. The number of likely N-dealkylation sites (tertiary alicyclic amines) is 1. The highest BCUT2D eigenvalue weighted by Gasteiger charge is 2.44. The fraction of sp³-hybridized carbons (Fsp3) is 0.500. The number of aliphatic hydroxyl groups is 1. The highest BCUT2D eigenvalue weighted by Crippen LogP contribution is 2.28. The molecular weight excluding hydrogens is 512 g/mol. The summed E-state index contributed by atoms with van der Waals surface area (Å²) in [5.41, 5.74) is 3.94. The van der Waals surface area contributed by atoms with Crippen LogP contribution in [0.2, 0.25) is 0 Å². The van der Waals surface area contributed by atoms with Crippen LogP contribution in [0.1, 0.15) is 38.4 Å². The molecule has 1 saturated heterocycles. The largest absolute Gasteiger partial charge is 0.480 e. The van der Waals surface area contributed by atoms with Crippen LogP contribution in [0.3, 0.4) is 0 Å². The molecule has 38 heavy (non-hydrogen) atoms. The van der Waals surface area contributed by atoms with Crippen LogP contribution < -0.4 is 10.6 Å². The number of nitrogens with zero attached hydrogens (tertiary/aromatic N) is 2. The average molecular weight is 547 g/mol. The van der Waals surface area contributed by atoms with Gasteiger partial charge in [-0.3, -0.25) is 14.4 Å². The zero-order valence-electron chi connectivity index (χ0n) is 21.9. The summed E-state index contributed by atoms with van der Waals surface area (Å²) in [7, 11) is 0. The van der Waals surface area contributed by atoms with Crippen molar-refractivity contribution in [1.82, 2.24) is 20.5 Å². The van der Waals surface area contributed by atoms with Gasteiger partial charge in [0.05, 0.1) is 22.2 Å². The summed E-state index contributed by atoms with van der Waals surface area (Å²) >= 11 is 1.56. The zero-order chi connectivity index (χ0) is 28.0. The number of aliphatic hydroxyl groups excluding tert-OH is 1. The predicted octanol–water partition coefficient (Wildman–Crippen LogP) is 1.33. The zero-order valence-corrected chi connectivity index (χ0v) is 22.7. The molecule has 1 fully saturated rings. The molecule has 0 spiro atoms. The molecule has 1 aromatic heterocycles. The maximum absolute atomic E-state index is 13.5. The second-order valence-corrected chi connectivity index (χ2v) is 11.2. The molecule has 3 amide bonds. The summed E-state index contributed by atoms with van der Waals surface area (Å²) in [5.74, 6) is -2.78. The van der Waals surface area contributed by atoms with Crippen molar-refractivity contribution in [1.29, 1.82) is 0 Å². The number of benzene rings is 1. The van der Waals surface area contributed by atoms with Crippen molar-refractivity contribution in [3.8, 4) is 10.4 Å². The van der Waals surface area contributed by atoms with E-state index in [2.05, 4.69) is 15.6 Å². The van der Waals surface area contributed by atoms with Gasteiger partial charge in [-0.25, -0.2) is 9.78 Å². The molecule has 3 atom stereocenters. The average Bonchev–Trinajstić information content (AvgIpc) is 3.45. The Morgan fingerprint density at radius 2 is 1.87 bits per heavy atom. The lowest BCUT2D eigenvalue weighted by Crippen LogP contribution is -2.58. The number of β-amino-alcohol motifs (C(OH)–C–C–N with tert-alkyl or cyclic N) is 1. The van der Waals surface area contributed by atoms with Gasteiger partial charge in [0.2, 0.25) is 17.7 Å². The van der Waals surface area contributed by atoms with Crippen molar-refractivity contribution >= 4 is 35.0 Å². The molecule has 2 heterocycles. The molecule has 3 rings (SSSR count). The van der Waals surface area contributed by atoms with Gasteiger partial charge in [0.1, 0.15) is 25.3 Å². The Kier molecular flexibility index (Phi) is 9.58. The third-order valence-corrected chi connectivity index (χ3v) is 7.15. The number of hydrogen-bond donors (Lipinski definition) is 4. The van der Waals surface area contributed by atoms with E-state index in [0.717, 1.165) is 21.7 Å². The van der Waals surface area contributed by atoms with E-state index in [9.17, 15) is 24.3 Å². The number of aromatic nitrogens is 1. The Hall–Kier alpha value is -3.35. The van der Waals surface area contributed by atoms with Crippen molar-refractivity contribution in [2.75, 3.05) is 19.8 Å². The molecule has 1 aliphatic heterocycles. The van der Waals surface area contributed by atoms with Gasteiger partial charge < -0.3 is 30.5 Å². The summed E-state index contributed by atoms with van der Waals surface area (Å²) in [6.45, 7) is 6.25. The van der Waals surface area contributed by atoms with E-state index in [0.29, 0.717) is 0 Å². The fourth-order valence-corrected chi connectivity index (χ4v) is 5.03.